The topological polar surface area (TPSA) is 103 Å². The van der Waals surface area contributed by atoms with Gasteiger partial charge in [0, 0.05) is 16.3 Å². The van der Waals surface area contributed by atoms with E-state index < -0.39 is 0 Å². The average Bonchev–Trinajstić information content (AvgIpc) is 3.55. The Bertz CT molecular complexity index is 1400. The van der Waals surface area contributed by atoms with Crippen molar-refractivity contribution >= 4 is 45.5 Å². The third-order valence-electron chi connectivity index (χ3n) is 4.74. The molecule has 33 heavy (non-hydrogen) atoms. The first-order valence-electron chi connectivity index (χ1n) is 9.91. The molecule has 0 aliphatic rings. The molecule has 5 aromatic rings. The van der Waals surface area contributed by atoms with Crippen LogP contribution in [0.4, 0.5) is 10.8 Å². The fraction of sp³-hybridized carbons (Fsp3) is 0.136. The van der Waals surface area contributed by atoms with Gasteiger partial charge in [0.1, 0.15) is 17.0 Å². The summed E-state index contributed by atoms with van der Waals surface area (Å²) in [6.45, 7) is 3.78. The van der Waals surface area contributed by atoms with E-state index in [9.17, 15) is 0 Å². The van der Waals surface area contributed by atoms with Gasteiger partial charge < -0.3 is 14.3 Å². The average molecular weight is 497 g/mol. The highest BCUT2D eigenvalue weighted by Crippen LogP contribution is 2.35. The van der Waals surface area contributed by atoms with Crippen molar-refractivity contribution in [2.75, 3.05) is 5.32 Å². The first kappa shape index (κ1) is 21.6. The summed E-state index contributed by atoms with van der Waals surface area (Å²) in [5.41, 5.74) is 4.17. The number of nitrogens with one attached hydrogen (secondary N) is 1. The fourth-order valence-corrected chi connectivity index (χ4v) is 4.86. The number of hydrogen-bond donors (Lipinski definition) is 1. The summed E-state index contributed by atoms with van der Waals surface area (Å²) >= 11 is 9.09. The molecule has 0 amide bonds. The molecule has 3 aromatic heterocycles. The van der Waals surface area contributed by atoms with Gasteiger partial charge >= 0.3 is 0 Å². The molecule has 0 radical (unpaired) electrons. The van der Waals surface area contributed by atoms with Gasteiger partial charge in [0.2, 0.25) is 11.0 Å². The number of hydrogen-bond acceptors (Lipinski definition) is 10. The van der Waals surface area contributed by atoms with Gasteiger partial charge in [-0.3, -0.25) is 0 Å². The maximum Gasteiger partial charge on any atom is 0.253 e. The van der Waals surface area contributed by atoms with Crippen LogP contribution in [0.2, 0.25) is 5.02 Å². The molecule has 0 fully saturated rings. The minimum atomic E-state index is 0.374. The van der Waals surface area contributed by atoms with Crippen molar-refractivity contribution in [1.29, 1.82) is 0 Å². The van der Waals surface area contributed by atoms with Gasteiger partial charge in [0.25, 0.3) is 5.89 Å². The van der Waals surface area contributed by atoms with E-state index in [1.807, 2.05) is 62.4 Å². The molecule has 0 aliphatic heterocycles. The summed E-state index contributed by atoms with van der Waals surface area (Å²) < 4.78 is 12.1. The maximum absolute atomic E-state index is 6.19. The molecule has 5 rings (SSSR count). The molecule has 0 saturated carbocycles. The van der Waals surface area contributed by atoms with Gasteiger partial charge in [-0.1, -0.05) is 76.3 Å². The normalized spacial score (nSPS) is 11.1. The summed E-state index contributed by atoms with van der Waals surface area (Å²) in [5.74, 6) is 1.93. The predicted molar refractivity (Wildman–Crippen MR) is 129 cm³/mol. The quantitative estimate of drug-likeness (QED) is 0.251. The van der Waals surface area contributed by atoms with Crippen LogP contribution < -0.4 is 5.32 Å². The zero-order valence-electron chi connectivity index (χ0n) is 17.6. The summed E-state index contributed by atoms with van der Waals surface area (Å²) in [6.07, 6.45) is 0. The minimum absolute atomic E-state index is 0.374. The lowest BCUT2D eigenvalue weighted by Crippen LogP contribution is -1.89. The van der Waals surface area contributed by atoms with Gasteiger partial charge in [-0.2, -0.15) is 0 Å². The largest absolute Gasteiger partial charge is 0.420 e. The van der Waals surface area contributed by atoms with Crippen molar-refractivity contribution in [3.05, 3.63) is 70.8 Å². The second-order valence-corrected chi connectivity index (χ2v) is 9.69. The number of anilines is 2. The third kappa shape index (κ3) is 4.77. The van der Waals surface area contributed by atoms with Gasteiger partial charge in [-0.25, -0.2) is 0 Å². The van der Waals surface area contributed by atoms with Crippen LogP contribution in [0.25, 0.3) is 22.7 Å². The van der Waals surface area contributed by atoms with Crippen LogP contribution in [0.3, 0.4) is 0 Å². The lowest BCUT2D eigenvalue weighted by molar-refractivity contribution is 0.399. The summed E-state index contributed by atoms with van der Waals surface area (Å²) in [4.78, 5) is 0. The Hall–Kier alpha value is -3.21. The van der Waals surface area contributed by atoms with E-state index in [0.717, 1.165) is 21.2 Å². The summed E-state index contributed by atoms with van der Waals surface area (Å²) in [6, 6.07) is 15.5. The van der Waals surface area contributed by atoms with Crippen LogP contribution in [-0.4, -0.2) is 25.6 Å². The van der Waals surface area contributed by atoms with Crippen LogP contribution in [0.1, 0.15) is 17.2 Å². The van der Waals surface area contributed by atoms with E-state index in [1.54, 1.807) is 0 Å². The Morgan fingerprint density at radius 1 is 1.03 bits per heavy atom. The molecular weight excluding hydrogens is 480 g/mol. The lowest BCUT2D eigenvalue weighted by Gasteiger charge is -2.03. The van der Waals surface area contributed by atoms with Crippen LogP contribution in [0.15, 0.2) is 61.8 Å². The van der Waals surface area contributed by atoms with Gasteiger partial charge in [-0.05, 0) is 31.5 Å². The van der Waals surface area contributed by atoms with E-state index in [1.165, 1.54) is 23.1 Å². The highest BCUT2D eigenvalue weighted by Gasteiger charge is 2.22. The van der Waals surface area contributed by atoms with E-state index in [-0.39, 0.29) is 0 Å². The highest BCUT2D eigenvalue weighted by atomic mass is 35.5. The number of aromatic nitrogens is 5. The zero-order chi connectivity index (χ0) is 22.8. The number of rotatable bonds is 7. The van der Waals surface area contributed by atoms with Crippen molar-refractivity contribution in [3.63, 3.8) is 0 Å². The number of benzene rings is 2. The standard InChI is InChI=1S/C22H17ClN6O2S2/c1-12-8-9-15(10-16(12)23)24-21-27-28-22(33-21)32-11-17-25-26-20(30-17)18-13(2)31-29-19(18)14-6-4-3-5-7-14/h3-10H,11H2,1-2H3,(H,24,27). The Balaban J connectivity index is 1.27. The van der Waals surface area contributed by atoms with E-state index in [2.05, 4.69) is 30.9 Å². The number of nitrogens with zero attached hydrogens (tertiary/aromatic N) is 5. The second kappa shape index (κ2) is 9.34. The van der Waals surface area contributed by atoms with Crippen LogP contribution in [-0.2, 0) is 5.75 Å². The van der Waals surface area contributed by atoms with Crippen molar-refractivity contribution in [2.45, 2.75) is 23.9 Å². The summed E-state index contributed by atoms with van der Waals surface area (Å²) in [5, 5.41) is 25.5. The molecule has 0 aliphatic carbocycles. The molecule has 0 spiro atoms. The molecular formula is C22H17ClN6O2S2. The van der Waals surface area contributed by atoms with E-state index >= 15 is 0 Å². The molecule has 166 valence electrons. The first-order valence-corrected chi connectivity index (χ1v) is 12.1. The van der Waals surface area contributed by atoms with Gasteiger partial charge in [-0.15, -0.1) is 20.4 Å². The molecule has 0 atom stereocenters. The van der Waals surface area contributed by atoms with E-state index in [4.69, 9.17) is 20.5 Å². The predicted octanol–water partition coefficient (Wildman–Crippen LogP) is 6.55. The third-order valence-corrected chi connectivity index (χ3v) is 7.10. The first-order chi connectivity index (χ1) is 16.1. The van der Waals surface area contributed by atoms with Crippen LogP contribution in [0.5, 0.6) is 0 Å². The van der Waals surface area contributed by atoms with Gasteiger partial charge in [0.05, 0.1) is 5.75 Å². The number of aryl methyl sites for hydroxylation is 2. The second-order valence-electron chi connectivity index (χ2n) is 7.08. The molecule has 11 heteroatoms. The minimum Gasteiger partial charge on any atom is -0.420 e. The van der Waals surface area contributed by atoms with Crippen molar-refractivity contribution < 1.29 is 8.94 Å². The molecule has 8 nitrogen and oxygen atoms in total. The van der Waals surface area contributed by atoms with Crippen LogP contribution >= 0.6 is 34.7 Å². The molecule has 0 bridgehead atoms. The van der Waals surface area contributed by atoms with E-state index in [0.29, 0.717) is 44.7 Å². The number of thioether (sulfide) groups is 1. The Morgan fingerprint density at radius 3 is 2.70 bits per heavy atom. The lowest BCUT2D eigenvalue weighted by atomic mass is 10.1. The Morgan fingerprint density at radius 2 is 1.88 bits per heavy atom. The summed E-state index contributed by atoms with van der Waals surface area (Å²) in [7, 11) is 0. The molecule has 0 unspecified atom stereocenters. The van der Waals surface area contributed by atoms with Gasteiger partial charge in [0.15, 0.2) is 4.34 Å². The van der Waals surface area contributed by atoms with Crippen molar-refractivity contribution in [3.8, 4) is 22.7 Å². The molecule has 1 N–H and O–H groups in total. The molecule has 3 heterocycles. The highest BCUT2D eigenvalue weighted by molar-refractivity contribution is 8.00. The smallest absolute Gasteiger partial charge is 0.253 e. The molecule has 2 aromatic carbocycles. The van der Waals surface area contributed by atoms with Crippen molar-refractivity contribution in [2.24, 2.45) is 0 Å². The van der Waals surface area contributed by atoms with Crippen LogP contribution in [0, 0.1) is 13.8 Å². The molecule has 0 saturated heterocycles. The Labute approximate surface area is 202 Å². The maximum atomic E-state index is 6.19. The fourth-order valence-electron chi connectivity index (χ4n) is 3.07. The Kier molecular flexibility index (Phi) is 6.12. The number of halogens is 1. The monoisotopic (exact) mass is 496 g/mol. The zero-order valence-corrected chi connectivity index (χ0v) is 20.0. The van der Waals surface area contributed by atoms with Crippen molar-refractivity contribution in [1.82, 2.24) is 25.6 Å². The SMILES string of the molecule is Cc1ccc(Nc2nnc(SCc3nnc(-c4c(-c5ccccc5)noc4C)o3)s2)cc1Cl.